The molecule has 0 spiro atoms. The van der Waals surface area contributed by atoms with Crippen LogP contribution in [0.2, 0.25) is 0 Å². The summed E-state index contributed by atoms with van der Waals surface area (Å²) >= 11 is 0. The first-order valence-corrected chi connectivity index (χ1v) is 7.36. The van der Waals surface area contributed by atoms with Gasteiger partial charge in [0, 0.05) is 0 Å². The summed E-state index contributed by atoms with van der Waals surface area (Å²) in [7, 11) is 0. The van der Waals surface area contributed by atoms with Gasteiger partial charge < -0.3 is 15.2 Å². The second kappa shape index (κ2) is 6.96. The van der Waals surface area contributed by atoms with Gasteiger partial charge in [-0.15, -0.1) is 0 Å². The second-order valence-electron chi connectivity index (χ2n) is 5.15. The highest BCUT2D eigenvalue weighted by Crippen LogP contribution is 2.29. The molecule has 0 amide bonds. The Bertz CT molecular complexity index is 664. The van der Waals surface area contributed by atoms with E-state index in [1.807, 2.05) is 78.9 Å². The molecule has 0 fully saturated rings. The van der Waals surface area contributed by atoms with E-state index in [4.69, 9.17) is 15.2 Å². The average molecular weight is 293 g/mol. The lowest BCUT2D eigenvalue weighted by Gasteiger charge is -2.23. The fourth-order valence-electron chi connectivity index (χ4n) is 2.27. The third-order valence-corrected chi connectivity index (χ3v) is 3.47. The predicted octanol–water partition coefficient (Wildman–Crippen LogP) is 3.47. The first-order chi connectivity index (χ1) is 10.8. The molecule has 0 aliphatic heterocycles. The van der Waals surface area contributed by atoms with Gasteiger partial charge in [-0.05, 0) is 23.8 Å². The minimum Gasteiger partial charge on any atom is -0.485 e. The molecular formula is C19H19NO2. The molecule has 0 aromatic heterocycles. The van der Waals surface area contributed by atoms with E-state index in [-0.39, 0.29) is 12.1 Å². The van der Waals surface area contributed by atoms with Crippen LogP contribution in [0.15, 0.2) is 78.9 Å². The van der Waals surface area contributed by atoms with Gasteiger partial charge >= 0.3 is 0 Å². The second-order valence-corrected chi connectivity index (χ2v) is 5.15. The SMILES string of the molecule is NC1C=CC=CC1Oc1ccccc1OCc1ccccc1. The maximum absolute atomic E-state index is 6.04. The first kappa shape index (κ1) is 14.4. The highest BCUT2D eigenvalue weighted by molar-refractivity contribution is 5.40. The van der Waals surface area contributed by atoms with E-state index >= 15 is 0 Å². The van der Waals surface area contributed by atoms with Gasteiger partial charge in [-0.25, -0.2) is 0 Å². The van der Waals surface area contributed by atoms with Crippen molar-refractivity contribution in [1.29, 1.82) is 0 Å². The first-order valence-electron chi connectivity index (χ1n) is 7.36. The van der Waals surface area contributed by atoms with Crippen molar-refractivity contribution in [2.45, 2.75) is 18.8 Å². The van der Waals surface area contributed by atoms with E-state index in [0.29, 0.717) is 12.4 Å². The van der Waals surface area contributed by atoms with Gasteiger partial charge in [-0.3, -0.25) is 0 Å². The molecule has 112 valence electrons. The molecule has 3 rings (SSSR count). The van der Waals surface area contributed by atoms with Crippen molar-refractivity contribution in [2.75, 3.05) is 0 Å². The van der Waals surface area contributed by atoms with Crippen LogP contribution in [-0.4, -0.2) is 12.1 Å². The highest BCUT2D eigenvalue weighted by atomic mass is 16.5. The summed E-state index contributed by atoms with van der Waals surface area (Å²) in [6.45, 7) is 0.508. The number of allylic oxidation sites excluding steroid dienone is 2. The van der Waals surface area contributed by atoms with Crippen LogP contribution in [0.3, 0.4) is 0 Å². The van der Waals surface area contributed by atoms with Crippen molar-refractivity contribution in [3.05, 3.63) is 84.5 Å². The van der Waals surface area contributed by atoms with E-state index < -0.39 is 0 Å². The fourth-order valence-corrected chi connectivity index (χ4v) is 2.27. The maximum atomic E-state index is 6.04. The number of para-hydroxylation sites is 2. The van der Waals surface area contributed by atoms with Crippen LogP contribution < -0.4 is 15.2 Å². The molecule has 0 radical (unpaired) electrons. The highest BCUT2D eigenvalue weighted by Gasteiger charge is 2.18. The standard InChI is InChI=1S/C19H19NO2/c20-16-10-4-5-11-17(16)22-19-13-7-6-12-18(19)21-14-15-8-2-1-3-9-15/h1-13,16-17H,14,20H2. The number of rotatable bonds is 5. The van der Waals surface area contributed by atoms with Crippen molar-refractivity contribution in [3.63, 3.8) is 0 Å². The van der Waals surface area contributed by atoms with Gasteiger partial charge in [-0.2, -0.15) is 0 Å². The molecule has 1 aliphatic carbocycles. The van der Waals surface area contributed by atoms with E-state index in [1.165, 1.54) is 0 Å². The molecule has 0 saturated carbocycles. The Morgan fingerprint density at radius 2 is 1.50 bits per heavy atom. The molecule has 2 N–H and O–H groups in total. The van der Waals surface area contributed by atoms with Gasteiger partial charge in [0.1, 0.15) is 12.7 Å². The fraction of sp³-hybridized carbons (Fsp3) is 0.158. The maximum Gasteiger partial charge on any atom is 0.162 e. The van der Waals surface area contributed by atoms with Crippen LogP contribution in [0.4, 0.5) is 0 Å². The number of hydrogen-bond donors (Lipinski definition) is 1. The predicted molar refractivity (Wildman–Crippen MR) is 87.9 cm³/mol. The van der Waals surface area contributed by atoms with E-state index in [9.17, 15) is 0 Å². The number of ether oxygens (including phenoxy) is 2. The summed E-state index contributed by atoms with van der Waals surface area (Å²) in [4.78, 5) is 0. The molecule has 3 nitrogen and oxygen atoms in total. The van der Waals surface area contributed by atoms with Gasteiger partial charge in [0.05, 0.1) is 6.04 Å². The number of nitrogens with two attached hydrogens (primary N) is 1. The Morgan fingerprint density at radius 3 is 2.27 bits per heavy atom. The third kappa shape index (κ3) is 3.57. The summed E-state index contributed by atoms with van der Waals surface area (Å²) in [5, 5.41) is 0. The minimum absolute atomic E-state index is 0.146. The van der Waals surface area contributed by atoms with Crippen molar-refractivity contribution >= 4 is 0 Å². The molecule has 3 heteroatoms. The van der Waals surface area contributed by atoms with Crippen LogP contribution in [0, 0.1) is 0 Å². The van der Waals surface area contributed by atoms with Crippen LogP contribution in [0.5, 0.6) is 11.5 Å². The van der Waals surface area contributed by atoms with Gasteiger partial charge in [-0.1, -0.05) is 60.7 Å². The van der Waals surface area contributed by atoms with Gasteiger partial charge in [0.25, 0.3) is 0 Å². The molecular weight excluding hydrogens is 274 g/mol. The van der Waals surface area contributed by atoms with E-state index in [1.54, 1.807) is 0 Å². The molecule has 0 heterocycles. The van der Waals surface area contributed by atoms with Crippen molar-refractivity contribution in [1.82, 2.24) is 0 Å². The van der Waals surface area contributed by atoms with Gasteiger partial charge in [0.15, 0.2) is 11.5 Å². The normalized spacial score (nSPS) is 19.9. The Balaban J connectivity index is 1.70. The number of benzene rings is 2. The van der Waals surface area contributed by atoms with Crippen LogP contribution in [-0.2, 0) is 6.61 Å². The Labute approximate surface area is 130 Å². The minimum atomic E-state index is -0.175. The summed E-state index contributed by atoms with van der Waals surface area (Å²) in [5.41, 5.74) is 7.16. The topological polar surface area (TPSA) is 44.5 Å². The van der Waals surface area contributed by atoms with Crippen molar-refractivity contribution < 1.29 is 9.47 Å². The zero-order valence-electron chi connectivity index (χ0n) is 12.3. The lowest BCUT2D eigenvalue weighted by molar-refractivity contribution is 0.212. The van der Waals surface area contributed by atoms with Crippen LogP contribution in [0.1, 0.15) is 5.56 Å². The summed E-state index contributed by atoms with van der Waals surface area (Å²) in [5.74, 6) is 1.43. The summed E-state index contributed by atoms with van der Waals surface area (Å²) < 4.78 is 11.9. The number of hydrogen-bond acceptors (Lipinski definition) is 3. The Morgan fingerprint density at radius 1 is 0.818 bits per heavy atom. The molecule has 2 aromatic carbocycles. The molecule has 2 unspecified atom stereocenters. The summed E-state index contributed by atoms with van der Waals surface area (Å²) in [6.07, 6.45) is 7.59. The van der Waals surface area contributed by atoms with E-state index in [0.717, 1.165) is 11.3 Å². The van der Waals surface area contributed by atoms with Crippen LogP contribution in [0.25, 0.3) is 0 Å². The smallest absolute Gasteiger partial charge is 0.162 e. The van der Waals surface area contributed by atoms with E-state index in [2.05, 4.69) is 0 Å². The Hall–Kier alpha value is -2.52. The van der Waals surface area contributed by atoms with Crippen molar-refractivity contribution in [2.24, 2.45) is 5.73 Å². The molecule has 0 saturated heterocycles. The molecule has 1 aliphatic rings. The van der Waals surface area contributed by atoms with Crippen LogP contribution >= 0.6 is 0 Å². The zero-order valence-corrected chi connectivity index (χ0v) is 12.3. The third-order valence-electron chi connectivity index (χ3n) is 3.47. The largest absolute Gasteiger partial charge is 0.485 e. The molecule has 2 atom stereocenters. The quantitative estimate of drug-likeness (QED) is 0.918. The lowest BCUT2D eigenvalue weighted by atomic mass is 10.1. The Kier molecular flexibility index (Phi) is 4.56. The lowest BCUT2D eigenvalue weighted by Crippen LogP contribution is -2.36. The molecule has 2 aromatic rings. The molecule has 0 bridgehead atoms. The zero-order chi connectivity index (χ0) is 15.2. The monoisotopic (exact) mass is 293 g/mol. The summed E-state index contributed by atoms with van der Waals surface area (Å²) in [6, 6.07) is 17.6. The average Bonchev–Trinajstić information content (AvgIpc) is 2.57. The molecule has 22 heavy (non-hydrogen) atoms. The van der Waals surface area contributed by atoms with Crippen molar-refractivity contribution in [3.8, 4) is 11.5 Å². The van der Waals surface area contributed by atoms with Gasteiger partial charge in [0.2, 0.25) is 0 Å².